The summed E-state index contributed by atoms with van der Waals surface area (Å²) in [6, 6.07) is 12.0. The summed E-state index contributed by atoms with van der Waals surface area (Å²) in [6.45, 7) is 0.0827. The SMILES string of the molecule is COc1cc(O)c(C(=O)/C=C/c2ccc(OCc3cn(-c4ccc(F)cc4Cl)nn3)c(OC)c2)c(OC)c1. The van der Waals surface area contributed by atoms with E-state index >= 15 is 0 Å². The number of phenols is 1. The van der Waals surface area contributed by atoms with Gasteiger partial charge in [-0.05, 0) is 42.0 Å². The van der Waals surface area contributed by atoms with Crippen LogP contribution in [0.5, 0.6) is 28.7 Å². The summed E-state index contributed by atoms with van der Waals surface area (Å²) in [5, 5.41) is 18.6. The third-order valence-electron chi connectivity index (χ3n) is 5.44. The number of hydrogen-bond donors (Lipinski definition) is 1. The summed E-state index contributed by atoms with van der Waals surface area (Å²) in [7, 11) is 4.34. The fraction of sp³-hybridized carbons (Fsp3) is 0.148. The van der Waals surface area contributed by atoms with E-state index in [1.807, 2.05) is 0 Å². The molecule has 0 saturated heterocycles. The Morgan fingerprint density at radius 2 is 1.82 bits per heavy atom. The van der Waals surface area contributed by atoms with Crippen LogP contribution < -0.4 is 18.9 Å². The molecule has 0 aliphatic heterocycles. The molecule has 0 spiro atoms. The maximum absolute atomic E-state index is 13.3. The molecule has 1 N–H and O–H groups in total. The van der Waals surface area contributed by atoms with Gasteiger partial charge in [0.1, 0.15) is 40.9 Å². The van der Waals surface area contributed by atoms with Crippen molar-refractivity contribution < 1.29 is 33.2 Å². The van der Waals surface area contributed by atoms with Crippen LogP contribution in [-0.4, -0.2) is 47.2 Å². The second-order valence-electron chi connectivity index (χ2n) is 7.87. The maximum Gasteiger partial charge on any atom is 0.193 e. The second-order valence-corrected chi connectivity index (χ2v) is 8.28. The fourth-order valence-corrected chi connectivity index (χ4v) is 3.82. The van der Waals surface area contributed by atoms with Crippen LogP contribution in [0.3, 0.4) is 0 Å². The highest BCUT2D eigenvalue weighted by molar-refractivity contribution is 6.32. The Bertz CT molecular complexity index is 1500. The quantitative estimate of drug-likeness (QED) is 0.215. The van der Waals surface area contributed by atoms with E-state index < -0.39 is 11.6 Å². The first-order chi connectivity index (χ1) is 18.3. The summed E-state index contributed by atoms with van der Waals surface area (Å²) in [5.74, 6) is 0.272. The van der Waals surface area contributed by atoms with Crippen molar-refractivity contribution in [1.29, 1.82) is 0 Å². The molecule has 196 valence electrons. The molecule has 0 aliphatic rings. The molecule has 0 aliphatic carbocycles. The molecule has 0 unspecified atom stereocenters. The van der Waals surface area contributed by atoms with Gasteiger partial charge in [-0.25, -0.2) is 9.07 Å². The van der Waals surface area contributed by atoms with Crippen molar-refractivity contribution in [3.05, 3.63) is 88.5 Å². The third-order valence-corrected chi connectivity index (χ3v) is 5.75. The first-order valence-electron chi connectivity index (χ1n) is 11.2. The number of rotatable bonds is 10. The number of ether oxygens (including phenoxy) is 4. The average Bonchev–Trinajstić information content (AvgIpc) is 3.38. The van der Waals surface area contributed by atoms with Gasteiger partial charge in [0.25, 0.3) is 0 Å². The van der Waals surface area contributed by atoms with E-state index in [2.05, 4.69) is 10.3 Å². The summed E-state index contributed by atoms with van der Waals surface area (Å²) >= 11 is 6.09. The Morgan fingerprint density at radius 3 is 2.53 bits per heavy atom. The summed E-state index contributed by atoms with van der Waals surface area (Å²) < 4.78 is 36.3. The van der Waals surface area contributed by atoms with E-state index in [4.69, 9.17) is 30.5 Å². The minimum Gasteiger partial charge on any atom is -0.507 e. The molecule has 1 aromatic heterocycles. The Balaban J connectivity index is 1.46. The van der Waals surface area contributed by atoms with E-state index in [1.165, 1.54) is 62.4 Å². The molecule has 4 rings (SSSR count). The van der Waals surface area contributed by atoms with Crippen LogP contribution >= 0.6 is 11.6 Å². The molecular formula is C27H23ClFN3O6. The summed E-state index contributed by atoms with van der Waals surface area (Å²) in [5.41, 5.74) is 1.67. The number of carbonyl (C=O) groups is 1. The van der Waals surface area contributed by atoms with Gasteiger partial charge in [0.15, 0.2) is 17.3 Å². The van der Waals surface area contributed by atoms with Gasteiger partial charge in [-0.2, -0.15) is 0 Å². The number of ketones is 1. The van der Waals surface area contributed by atoms with Crippen LogP contribution in [0.25, 0.3) is 11.8 Å². The highest BCUT2D eigenvalue weighted by Crippen LogP contribution is 2.34. The Kier molecular flexibility index (Phi) is 8.12. The number of phenolic OH excluding ortho intramolecular Hbond substituents is 1. The largest absolute Gasteiger partial charge is 0.507 e. The van der Waals surface area contributed by atoms with Gasteiger partial charge in [0, 0.05) is 12.1 Å². The minimum absolute atomic E-state index is 0.0199. The van der Waals surface area contributed by atoms with Gasteiger partial charge in [0.05, 0.1) is 38.2 Å². The number of carbonyl (C=O) groups excluding carboxylic acids is 1. The maximum atomic E-state index is 13.3. The predicted octanol–water partition coefficient (Wildman–Crippen LogP) is 5.27. The lowest BCUT2D eigenvalue weighted by atomic mass is 10.1. The molecule has 0 amide bonds. The van der Waals surface area contributed by atoms with E-state index in [0.29, 0.717) is 34.2 Å². The smallest absolute Gasteiger partial charge is 0.193 e. The lowest BCUT2D eigenvalue weighted by Crippen LogP contribution is -2.01. The number of benzene rings is 3. The summed E-state index contributed by atoms with van der Waals surface area (Å²) in [4.78, 5) is 12.8. The standard InChI is InChI=1S/C27H23ClFN3O6/c1-35-19-12-23(34)27(26(13-19)37-3)22(33)8-4-16-5-9-24(25(10-16)36-2)38-15-18-14-32(31-30-18)21-7-6-17(29)11-20(21)28/h4-14,34H,15H2,1-3H3/b8-4+. The molecule has 1 heterocycles. The van der Waals surface area contributed by atoms with E-state index in [1.54, 1.807) is 30.5 Å². The minimum atomic E-state index is -0.453. The predicted molar refractivity (Wildman–Crippen MR) is 138 cm³/mol. The van der Waals surface area contributed by atoms with Crippen LogP contribution in [-0.2, 0) is 6.61 Å². The average molecular weight is 540 g/mol. The Labute approximate surface area is 222 Å². The van der Waals surface area contributed by atoms with Crippen molar-refractivity contribution in [3.63, 3.8) is 0 Å². The van der Waals surface area contributed by atoms with Crippen molar-refractivity contribution in [1.82, 2.24) is 15.0 Å². The summed E-state index contributed by atoms with van der Waals surface area (Å²) in [6.07, 6.45) is 4.52. The fourth-order valence-electron chi connectivity index (χ4n) is 3.57. The number of methoxy groups -OCH3 is 3. The molecule has 0 radical (unpaired) electrons. The number of aromatic hydroxyl groups is 1. The van der Waals surface area contributed by atoms with Gasteiger partial charge >= 0.3 is 0 Å². The van der Waals surface area contributed by atoms with Crippen LogP contribution in [0.15, 0.2) is 60.8 Å². The van der Waals surface area contributed by atoms with Crippen molar-refractivity contribution >= 4 is 23.5 Å². The lowest BCUT2D eigenvalue weighted by molar-refractivity contribution is 0.104. The number of hydrogen-bond acceptors (Lipinski definition) is 8. The molecule has 4 aromatic rings. The third kappa shape index (κ3) is 5.87. The van der Waals surface area contributed by atoms with Crippen LogP contribution in [0.1, 0.15) is 21.6 Å². The van der Waals surface area contributed by atoms with Gasteiger partial charge in [-0.15, -0.1) is 5.10 Å². The Hall–Kier alpha value is -4.57. The molecule has 3 aromatic carbocycles. The van der Waals surface area contributed by atoms with Crippen molar-refractivity contribution in [2.24, 2.45) is 0 Å². The number of allylic oxidation sites excluding steroid dienone is 1. The first-order valence-corrected chi connectivity index (χ1v) is 11.6. The lowest BCUT2D eigenvalue weighted by Gasteiger charge is -2.11. The van der Waals surface area contributed by atoms with Gasteiger partial charge in [-0.1, -0.05) is 29.0 Å². The first kappa shape index (κ1) is 26.5. The molecule has 0 saturated carbocycles. The molecule has 9 nitrogen and oxygen atoms in total. The number of nitrogens with zero attached hydrogens (tertiary/aromatic N) is 3. The highest BCUT2D eigenvalue weighted by Gasteiger charge is 2.17. The molecule has 0 bridgehead atoms. The zero-order valence-electron chi connectivity index (χ0n) is 20.6. The molecule has 0 fully saturated rings. The van der Waals surface area contributed by atoms with E-state index in [9.17, 15) is 14.3 Å². The highest BCUT2D eigenvalue weighted by atomic mass is 35.5. The molecule has 38 heavy (non-hydrogen) atoms. The van der Waals surface area contributed by atoms with Crippen LogP contribution in [0.4, 0.5) is 4.39 Å². The second kappa shape index (κ2) is 11.7. The van der Waals surface area contributed by atoms with Crippen LogP contribution in [0.2, 0.25) is 5.02 Å². The zero-order valence-corrected chi connectivity index (χ0v) is 21.4. The van der Waals surface area contributed by atoms with E-state index in [0.717, 1.165) is 0 Å². The molecule has 11 heteroatoms. The van der Waals surface area contributed by atoms with E-state index in [-0.39, 0.29) is 28.7 Å². The normalized spacial score (nSPS) is 11.0. The number of halogens is 2. The molecule has 0 atom stereocenters. The van der Waals surface area contributed by atoms with Crippen LogP contribution in [0, 0.1) is 5.82 Å². The number of aromatic nitrogens is 3. The van der Waals surface area contributed by atoms with Gasteiger partial charge < -0.3 is 24.1 Å². The van der Waals surface area contributed by atoms with Crippen molar-refractivity contribution in [2.75, 3.05) is 21.3 Å². The zero-order chi connectivity index (χ0) is 27.2. The monoisotopic (exact) mass is 539 g/mol. The Morgan fingerprint density at radius 1 is 1.03 bits per heavy atom. The van der Waals surface area contributed by atoms with Gasteiger partial charge in [0.2, 0.25) is 0 Å². The topological polar surface area (TPSA) is 105 Å². The molecular weight excluding hydrogens is 517 g/mol. The van der Waals surface area contributed by atoms with Crippen molar-refractivity contribution in [2.45, 2.75) is 6.61 Å². The van der Waals surface area contributed by atoms with Gasteiger partial charge in [-0.3, -0.25) is 4.79 Å². The van der Waals surface area contributed by atoms with Crippen molar-refractivity contribution in [3.8, 4) is 34.4 Å².